The van der Waals surface area contributed by atoms with Crippen molar-refractivity contribution in [2.24, 2.45) is 0 Å². The van der Waals surface area contributed by atoms with Crippen LogP contribution >= 0.6 is 11.6 Å². The summed E-state index contributed by atoms with van der Waals surface area (Å²) in [5.74, 6) is 2.07. The van der Waals surface area contributed by atoms with Gasteiger partial charge in [0.05, 0.1) is 31.3 Å². The van der Waals surface area contributed by atoms with Crippen molar-refractivity contribution in [1.82, 2.24) is 24.8 Å². The molecule has 0 aliphatic carbocycles. The van der Waals surface area contributed by atoms with Crippen molar-refractivity contribution >= 4 is 28.5 Å². The van der Waals surface area contributed by atoms with Gasteiger partial charge in [0, 0.05) is 54.0 Å². The number of halogens is 2. The molecule has 0 unspecified atom stereocenters. The fourth-order valence-corrected chi connectivity index (χ4v) is 6.54. The Morgan fingerprint density at radius 1 is 1.00 bits per heavy atom. The van der Waals surface area contributed by atoms with Gasteiger partial charge in [0.25, 0.3) is 5.91 Å². The van der Waals surface area contributed by atoms with Crippen LogP contribution in [0.5, 0.6) is 11.6 Å². The zero-order valence-corrected chi connectivity index (χ0v) is 29.3. The van der Waals surface area contributed by atoms with Gasteiger partial charge < -0.3 is 24.1 Å². The molecule has 1 saturated heterocycles. The van der Waals surface area contributed by atoms with E-state index in [2.05, 4.69) is 26.9 Å². The number of ether oxygens (including phenoxy) is 3. The topological polar surface area (TPSA) is 90.7 Å². The highest BCUT2D eigenvalue weighted by atomic mass is 35.5. The third kappa shape index (κ3) is 8.98. The first-order chi connectivity index (χ1) is 24.4. The number of rotatable bonds is 15. The number of nitrogens with zero attached hydrogens (tertiary/aromatic N) is 4. The lowest BCUT2D eigenvalue weighted by molar-refractivity contribution is 0.0953. The fraction of sp³-hybridized carbons (Fsp3) is 0.359. The van der Waals surface area contributed by atoms with Crippen LogP contribution in [0.2, 0.25) is 5.02 Å². The molecule has 3 heterocycles. The first-order valence-electron chi connectivity index (χ1n) is 17.1. The van der Waals surface area contributed by atoms with E-state index in [0.29, 0.717) is 54.2 Å². The summed E-state index contributed by atoms with van der Waals surface area (Å²) in [6.45, 7) is 4.39. The second-order valence-corrected chi connectivity index (χ2v) is 13.0. The molecule has 1 amide bonds. The Kier molecular flexibility index (Phi) is 12.0. The number of hydrogen-bond donors (Lipinski definition) is 1. The number of nitrogens with one attached hydrogen (secondary N) is 1. The molecule has 2 aromatic heterocycles. The number of aryl methyl sites for hydroxylation is 1. The number of carbonyl (C=O) groups is 1. The van der Waals surface area contributed by atoms with Crippen molar-refractivity contribution in [3.8, 4) is 11.6 Å². The van der Waals surface area contributed by atoms with E-state index in [1.807, 2.05) is 42.5 Å². The van der Waals surface area contributed by atoms with Crippen molar-refractivity contribution in [2.75, 3.05) is 40.5 Å². The predicted octanol–water partition coefficient (Wildman–Crippen LogP) is 7.20. The molecule has 50 heavy (non-hydrogen) atoms. The van der Waals surface area contributed by atoms with Gasteiger partial charge in [-0.25, -0.2) is 14.4 Å². The molecular formula is C39H43ClFN5O4. The van der Waals surface area contributed by atoms with Gasteiger partial charge in [0.2, 0.25) is 5.88 Å². The number of aromatic nitrogens is 3. The molecule has 5 aromatic rings. The number of imidazole rings is 1. The third-order valence-electron chi connectivity index (χ3n) is 9.20. The van der Waals surface area contributed by atoms with E-state index in [0.717, 1.165) is 67.1 Å². The normalized spacial score (nSPS) is 13.8. The number of likely N-dealkylation sites (tertiary alicyclic amines) is 1. The highest BCUT2D eigenvalue weighted by Crippen LogP contribution is 2.29. The third-order valence-corrected chi connectivity index (χ3v) is 9.44. The van der Waals surface area contributed by atoms with Gasteiger partial charge in [-0.3, -0.25) is 9.69 Å². The minimum atomic E-state index is -0.393. The van der Waals surface area contributed by atoms with Gasteiger partial charge in [0.15, 0.2) is 0 Å². The van der Waals surface area contributed by atoms with Crippen LogP contribution in [0.25, 0.3) is 11.0 Å². The first kappa shape index (κ1) is 35.3. The summed E-state index contributed by atoms with van der Waals surface area (Å²) in [5.41, 5.74) is 5.02. The lowest BCUT2D eigenvalue weighted by Crippen LogP contribution is -2.33. The average molecular weight is 700 g/mol. The lowest BCUT2D eigenvalue weighted by atomic mass is 9.93. The van der Waals surface area contributed by atoms with E-state index in [9.17, 15) is 9.18 Å². The Hall–Kier alpha value is -4.51. The van der Waals surface area contributed by atoms with Crippen molar-refractivity contribution in [1.29, 1.82) is 0 Å². The van der Waals surface area contributed by atoms with Gasteiger partial charge in [0.1, 0.15) is 24.0 Å². The monoisotopic (exact) mass is 699 g/mol. The molecule has 1 N–H and O–H groups in total. The Bertz CT molecular complexity index is 1890. The number of hydrogen-bond acceptors (Lipinski definition) is 7. The Morgan fingerprint density at radius 3 is 2.58 bits per heavy atom. The first-order valence-corrected chi connectivity index (χ1v) is 17.4. The maximum absolute atomic E-state index is 14.2. The van der Waals surface area contributed by atoms with Gasteiger partial charge in [-0.05, 0) is 92.9 Å². The highest BCUT2D eigenvalue weighted by Gasteiger charge is 2.24. The number of methoxy groups -OCH3 is 2. The van der Waals surface area contributed by atoms with Crippen LogP contribution < -0.4 is 14.8 Å². The summed E-state index contributed by atoms with van der Waals surface area (Å²) in [7, 11) is 3.36. The van der Waals surface area contributed by atoms with Crippen molar-refractivity contribution in [3.05, 3.63) is 118 Å². The molecule has 0 radical (unpaired) electrons. The van der Waals surface area contributed by atoms with Gasteiger partial charge in [-0.15, -0.1) is 0 Å². The molecular weight excluding hydrogens is 657 g/mol. The summed E-state index contributed by atoms with van der Waals surface area (Å²) < 4.78 is 32.9. The molecule has 1 aliphatic rings. The number of fused-ring (bicyclic) bond motifs is 1. The quantitative estimate of drug-likeness (QED) is 0.116. The van der Waals surface area contributed by atoms with E-state index in [4.69, 9.17) is 35.8 Å². The number of carbonyl (C=O) groups excluding carboxylic acids is 1. The van der Waals surface area contributed by atoms with Crippen LogP contribution in [-0.2, 0) is 30.9 Å². The van der Waals surface area contributed by atoms with E-state index < -0.39 is 5.82 Å². The average Bonchev–Trinajstić information content (AvgIpc) is 3.48. The van der Waals surface area contributed by atoms with Crippen LogP contribution in [0.15, 0.2) is 78.9 Å². The zero-order valence-electron chi connectivity index (χ0n) is 28.5. The fourth-order valence-electron chi connectivity index (χ4n) is 6.38. The smallest absolute Gasteiger partial charge is 0.251 e. The van der Waals surface area contributed by atoms with Gasteiger partial charge in [-0.1, -0.05) is 35.9 Å². The maximum atomic E-state index is 14.2. The number of benzene rings is 3. The van der Waals surface area contributed by atoms with Crippen molar-refractivity contribution < 1.29 is 23.4 Å². The van der Waals surface area contributed by atoms with Crippen LogP contribution in [0.1, 0.15) is 58.2 Å². The largest absolute Gasteiger partial charge is 0.497 e. The summed E-state index contributed by atoms with van der Waals surface area (Å²) in [5, 5.41) is 3.41. The number of pyridine rings is 1. The highest BCUT2D eigenvalue weighted by molar-refractivity contribution is 6.30. The summed E-state index contributed by atoms with van der Waals surface area (Å²) in [6.07, 6.45) is 3.61. The molecule has 1 aliphatic heterocycles. The molecule has 9 nitrogen and oxygen atoms in total. The second-order valence-electron chi connectivity index (χ2n) is 12.6. The summed E-state index contributed by atoms with van der Waals surface area (Å²) in [6, 6.07) is 24.1. The second kappa shape index (κ2) is 16.9. The molecule has 262 valence electrons. The van der Waals surface area contributed by atoms with Crippen LogP contribution in [0, 0.1) is 5.82 Å². The predicted molar refractivity (Wildman–Crippen MR) is 192 cm³/mol. The molecule has 3 aromatic carbocycles. The molecule has 6 rings (SSSR count). The summed E-state index contributed by atoms with van der Waals surface area (Å²) in [4.78, 5) is 25.2. The van der Waals surface area contributed by atoms with E-state index in [1.165, 1.54) is 11.6 Å². The van der Waals surface area contributed by atoms with E-state index in [1.54, 1.807) is 32.4 Å². The Labute approximate surface area is 297 Å². The lowest BCUT2D eigenvalue weighted by Gasteiger charge is -2.31. The standard InChI is InChI=1S/C39H43ClFN5O4/c1-48-22-21-46-36-15-11-29(39(47)42-18-4-5-27-8-13-32(49-2)14-9-27)23-35(36)43-37(46)25-45-19-16-28(17-20-45)34-6-3-7-38(44-34)50-26-30-10-12-31(40)24-33(30)41/h3,6-15,23-24,28H,4-5,16-22,25-26H2,1-2H3,(H,42,47). The Balaban J connectivity index is 1.04. The maximum Gasteiger partial charge on any atom is 0.251 e. The molecule has 0 saturated carbocycles. The summed E-state index contributed by atoms with van der Waals surface area (Å²) >= 11 is 5.87. The molecule has 11 heteroatoms. The van der Waals surface area contributed by atoms with Crippen molar-refractivity contribution in [3.63, 3.8) is 0 Å². The molecule has 1 fully saturated rings. The number of amides is 1. The zero-order chi connectivity index (χ0) is 34.9. The Morgan fingerprint density at radius 2 is 1.82 bits per heavy atom. The van der Waals surface area contributed by atoms with Gasteiger partial charge >= 0.3 is 0 Å². The van der Waals surface area contributed by atoms with E-state index in [-0.39, 0.29) is 12.5 Å². The molecule has 0 atom stereocenters. The van der Waals surface area contributed by atoms with Crippen molar-refractivity contribution in [2.45, 2.75) is 51.3 Å². The van der Waals surface area contributed by atoms with Crippen LogP contribution in [-0.4, -0.2) is 65.8 Å². The SMILES string of the molecule is COCCn1c(CN2CCC(c3cccc(OCc4ccc(Cl)cc4F)n3)CC2)nc2cc(C(=O)NCCCc3ccc(OC)cc3)ccc21. The van der Waals surface area contributed by atoms with Crippen LogP contribution in [0.3, 0.4) is 0 Å². The number of piperidine rings is 1. The minimum absolute atomic E-state index is 0.0828. The van der Waals surface area contributed by atoms with E-state index >= 15 is 0 Å². The molecule has 0 spiro atoms. The van der Waals surface area contributed by atoms with Gasteiger partial charge in [-0.2, -0.15) is 0 Å². The molecule has 0 bridgehead atoms. The minimum Gasteiger partial charge on any atom is -0.497 e. The van der Waals surface area contributed by atoms with Crippen LogP contribution in [0.4, 0.5) is 4.39 Å².